The van der Waals surface area contributed by atoms with Crippen LogP contribution in [0.3, 0.4) is 0 Å². The van der Waals surface area contributed by atoms with E-state index in [1.165, 1.54) is 24.2 Å². The van der Waals surface area contributed by atoms with E-state index >= 15 is 0 Å². The zero-order chi connectivity index (χ0) is 9.26. The summed E-state index contributed by atoms with van der Waals surface area (Å²) in [5, 5.41) is 12.9. The average molecular weight is 214 g/mol. The number of rotatable bonds is 3. The number of nitrogens with one attached hydrogen (secondary N) is 1. The molecule has 5 heteroatoms. The standard InChI is InChI=1S/C8H8ClN3S/c9-7-6(3-10)13-8(12-7)11-4-5-1-2-5/h5H,1-2,4H2,(H,11,12). The Hall–Kier alpha value is -0.790. The van der Waals surface area contributed by atoms with E-state index in [0.717, 1.165) is 17.6 Å². The lowest BCUT2D eigenvalue weighted by atomic mass is 10.4. The van der Waals surface area contributed by atoms with Crippen molar-refractivity contribution >= 4 is 28.1 Å². The van der Waals surface area contributed by atoms with Crippen molar-refractivity contribution in [3.05, 3.63) is 10.0 Å². The fraction of sp³-hybridized carbons (Fsp3) is 0.500. The number of anilines is 1. The molecule has 3 nitrogen and oxygen atoms in total. The highest BCUT2D eigenvalue weighted by Crippen LogP contribution is 2.31. The minimum atomic E-state index is 0.311. The van der Waals surface area contributed by atoms with Crippen LogP contribution < -0.4 is 5.32 Å². The van der Waals surface area contributed by atoms with E-state index in [4.69, 9.17) is 16.9 Å². The number of nitriles is 1. The van der Waals surface area contributed by atoms with Crippen LogP contribution in [0.15, 0.2) is 0 Å². The largest absolute Gasteiger partial charge is 0.361 e. The van der Waals surface area contributed by atoms with Crippen molar-refractivity contribution in [1.29, 1.82) is 5.26 Å². The first-order valence-corrected chi connectivity index (χ1v) is 5.29. The van der Waals surface area contributed by atoms with E-state index in [1.54, 1.807) is 0 Å². The lowest BCUT2D eigenvalue weighted by Crippen LogP contribution is -2.02. The van der Waals surface area contributed by atoms with E-state index in [1.807, 2.05) is 6.07 Å². The summed E-state index contributed by atoms with van der Waals surface area (Å²) in [6, 6.07) is 2.00. The van der Waals surface area contributed by atoms with Gasteiger partial charge in [-0.2, -0.15) is 5.26 Å². The molecule has 0 saturated heterocycles. The molecule has 0 atom stereocenters. The Labute approximate surface area is 85.4 Å². The van der Waals surface area contributed by atoms with Crippen molar-refractivity contribution in [3.63, 3.8) is 0 Å². The van der Waals surface area contributed by atoms with Crippen molar-refractivity contribution in [2.75, 3.05) is 11.9 Å². The third-order valence-corrected chi connectivity index (χ3v) is 3.23. The first kappa shape index (κ1) is 8.79. The molecule has 2 rings (SSSR count). The zero-order valence-corrected chi connectivity index (χ0v) is 8.45. The lowest BCUT2D eigenvalue weighted by molar-refractivity contribution is 0.887. The molecule has 1 aliphatic carbocycles. The Kier molecular flexibility index (Phi) is 2.38. The predicted octanol–water partition coefficient (Wildman–Crippen LogP) is 2.49. The Morgan fingerprint density at radius 3 is 3.00 bits per heavy atom. The summed E-state index contributed by atoms with van der Waals surface area (Å²) in [5.41, 5.74) is 0. The molecule has 13 heavy (non-hydrogen) atoms. The van der Waals surface area contributed by atoms with Gasteiger partial charge in [0.15, 0.2) is 10.3 Å². The zero-order valence-electron chi connectivity index (χ0n) is 6.88. The summed E-state index contributed by atoms with van der Waals surface area (Å²) in [4.78, 5) is 4.52. The highest BCUT2D eigenvalue weighted by atomic mass is 35.5. The second kappa shape index (κ2) is 3.52. The van der Waals surface area contributed by atoms with E-state index in [-0.39, 0.29) is 0 Å². The van der Waals surface area contributed by atoms with Gasteiger partial charge in [0.1, 0.15) is 10.9 Å². The van der Waals surface area contributed by atoms with Crippen LogP contribution in [-0.4, -0.2) is 11.5 Å². The Bertz CT molecular complexity index is 351. The van der Waals surface area contributed by atoms with Gasteiger partial charge in [0.05, 0.1) is 0 Å². The molecular formula is C8H8ClN3S. The fourth-order valence-electron chi connectivity index (χ4n) is 1.000. The maximum atomic E-state index is 8.63. The number of hydrogen-bond donors (Lipinski definition) is 1. The molecule has 0 spiro atoms. The van der Waals surface area contributed by atoms with Crippen LogP contribution >= 0.6 is 22.9 Å². The molecule has 68 valence electrons. The molecule has 1 saturated carbocycles. The van der Waals surface area contributed by atoms with Crippen LogP contribution in [0.4, 0.5) is 5.13 Å². The molecule has 1 aliphatic rings. The molecule has 1 N–H and O–H groups in total. The quantitative estimate of drug-likeness (QED) is 0.839. The maximum absolute atomic E-state index is 8.63. The van der Waals surface area contributed by atoms with E-state index in [2.05, 4.69) is 10.3 Å². The van der Waals surface area contributed by atoms with Gasteiger partial charge in [-0.25, -0.2) is 4.98 Å². The summed E-state index contributed by atoms with van der Waals surface area (Å²) in [6.07, 6.45) is 2.61. The molecule has 0 amide bonds. The number of hydrogen-bond acceptors (Lipinski definition) is 4. The molecule has 1 fully saturated rings. The van der Waals surface area contributed by atoms with Crippen LogP contribution in [0.2, 0.25) is 5.15 Å². The van der Waals surface area contributed by atoms with Gasteiger partial charge >= 0.3 is 0 Å². The van der Waals surface area contributed by atoms with Gasteiger partial charge in [-0.15, -0.1) is 0 Å². The van der Waals surface area contributed by atoms with Crippen LogP contribution in [0.5, 0.6) is 0 Å². The highest BCUT2D eigenvalue weighted by Gasteiger charge is 2.21. The molecule has 0 aromatic carbocycles. The van der Waals surface area contributed by atoms with Gasteiger partial charge in [-0.3, -0.25) is 0 Å². The summed E-state index contributed by atoms with van der Waals surface area (Å²) in [7, 11) is 0. The third kappa shape index (κ3) is 2.11. The van der Waals surface area contributed by atoms with E-state index in [0.29, 0.717) is 10.0 Å². The molecular weight excluding hydrogens is 206 g/mol. The summed E-state index contributed by atoms with van der Waals surface area (Å²) < 4.78 is 0. The van der Waals surface area contributed by atoms with Gasteiger partial charge in [-0.1, -0.05) is 22.9 Å². The minimum Gasteiger partial charge on any atom is -0.361 e. The van der Waals surface area contributed by atoms with E-state index in [9.17, 15) is 0 Å². The molecule has 1 aromatic heterocycles. The second-order valence-corrected chi connectivity index (χ2v) is 4.43. The van der Waals surface area contributed by atoms with Crippen molar-refractivity contribution in [3.8, 4) is 6.07 Å². The summed E-state index contributed by atoms with van der Waals surface area (Å²) in [6.45, 7) is 0.953. The van der Waals surface area contributed by atoms with Crippen LogP contribution in [0.25, 0.3) is 0 Å². The third-order valence-electron chi connectivity index (χ3n) is 1.93. The number of halogens is 1. The normalized spacial score (nSPS) is 15.4. The minimum absolute atomic E-state index is 0.311. The lowest BCUT2D eigenvalue weighted by Gasteiger charge is -1.97. The first-order chi connectivity index (χ1) is 6.29. The van der Waals surface area contributed by atoms with Gasteiger partial charge < -0.3 is 5.32 Å². The fourth-order valence-corrected chi connectivity index (χ4v) is 1.95. The maximum Gasteiger partial charge on any atom is 0.185 e. The van der Waals surface area contributed by atoms with Crippen LogP contribution in [0.1, 0.15) is 17.7 Å². The van der Waals surface area contributed by atoms with Gasteiger partial charge in [0.25, 0.3) is 0 Å². The number of nitrogens with zero attached hydrogens (tertiary/aromatic N) is 2. The first-order valence-electron chi connectivity index (χ1n) is 4.10. The Morgan fingerprint density at radius 2 is 2.46 bits per heavy atom. The van der Waals surface area contributed by atoms with Crippen LogP contribution in [-0.2, 0) is 0 Å². The molecule has 0 radical (unpaired) electrons. The van der Waals surface area contributed by atoms with Crippen LogP contribution in [0, 0.1) is 17.2 Å². The van der Waals surface area contributed by atoms with Crippen molar-refractivity contribution in [2.24, 2.45) is 5.92 Å². The molecule has 0 unspecified atom stereocenters. The second-order valence-electron chi connectivity index (χ2n) is 3.08. The average Bonchev–Trinajstić information content (AvgIpc) is 2.87. The highest BCUT2D eigenvalue weighted by molar-refractivity contribution is 7.16. The Balaban J connectivity index is 1.99. The molecule has 0 bridgehead atoms. The van der Waals surface area contributed by atoms with Crippen molar-refractivity contribution in [2.45, 2.75) is 12.8 Å². The molecule has 0 aliphatic heterocycles. The van der Waals surface area contributed by atoms with Crippen molar-refractivity contribution in [1.82, 2.24) is 4.98 Å². The topological polar surface area (TPSA) is 48.7 Å². The van der Waals surface area contributed by atoms with Crippen molar-refractivity contribution < 1.29 is 0 Å². The SMILES string of the molecule is N#Cc1sc(NCC2CC2)nc1Cl. The molecule has 1 aromatic rings. The predicted molar refractivity (Wildman–Crippen MR) is 53.1 cm³/mol. The Morgan fingerprint density at radius 1 is 1.69 bits per heavy atom. The monoisotopic (exact) mass is 213 g/mol. The smallest absolute Gasteiger partial charge is 0.185 e. The van der Waals surface area contributed by atoms with E-state index < -0.39 is 0 Å². The summed E-state index contributed by atoms with van der Waals surface area (Å²) >= 11 is 7.03. The number of aromatic nitrogens is 1. The van der Waals surface area contributed by atoms with Gasteiger partial charge in [-0.05, 0) is 18.8 Å². The molecule has 1 heterocycles. The summed E-state index contributed by atoms with van der Waals surface area (Å²) in [5.74, 6) is 0.799. The van der Waals surface area contributed by atoms with Gasteiger partial charge in [0, 0.05) is 6.54 Å². The van der Waals surface area contributed by atoms with Gasteiger partial charge in [0.2, 0.25) is 0 Å². The number of thiazole rings is 1.